The van der Waals surface area contributed by atoms with E-state index in [0.717, 1.165) is 22.7 Å². The molecule has 0 radical (unpaired) electrons. The number of carbonyl (C=O) groups excluding carboxylic acids is 1. The number of rotatable bonds is 4. The number of thioether (sulfide) groups is 1. The van der Waals surface area contributed by atoms with Crippen LogP contribution in [-0.4, -0.2) is 27.7 Å². The molecule has 1 amide bonds. The molecule has 1 aliphatic carbocycles. The largest absolute Gasteiger partial charge is 0.355 e. The molecule has 2 aromatic rings. The Balaban J connectivity index is 1.93. The van der Waals surface area contributed by atoms with Gasteiger partial charge in [0, 0.05) is 16.8 Å². The zero-order valence-corrected chi connectivity index (χ0v) is 13.2. The Morgan fingerprint density at radius 1 is 1.50 bits per heavy atom. The number of aryl methyl sites for hydroxylation is 2. The van der Waals surface area contributed by atoms with E-state index < -0.39 is 0 Å². The number of carbonyl (C=O) groups is 1. The van der Waals surface area contributed by atoms with Crippen LogP contribution in [0.1, 0.15) is 30.7 Å². The highest BCUT2D eigenvalue weighted by atomic mass is 32.2. The Kier molecular flexibility index (Phi) is 3.94. The summed E-state index contributed by atoms with van der Waals surface area (Å²) in [5.41, 5.74) is 1.41. The second-order valence-corrected chi connectivity index (χ2v) is 7.28. The van der Waals surface area contributed by atoms with Gasteiger partial charge in [0.05, 0.1) is 5.25 Å². The second kappa shape index (κ2) is 5.69. The highest BCUT2D eigenvalue weighted by Crippen LogP contribution is 2.40. The Labute approximate surface area is 126 Å². The average Bonchev–Trinajstić information content (AvgIpc) is 2.99. The third-order valence-corrected chi connectivity index (χ3v) is 5.78. The molecule has 0 spiro atoms. The van der Waals surface area contributed by atoms with Gasteiger partial charge in [0.2, 0.25) is 5.91 Å². The zero-order valence-electron chi connectivity index (χ0n) is 11.6. The van der Waals surface area contributed by atoms with Gasteiger partial charge >= 0.3 is 0 Å². The molecule has 3 rings (SSSR count). The van der Waals surface area contributed by atoms with Crippen LogP contribution >= 0.6 is 23.1 Å². The zero-order chi connectivity index (χ0) is 14.1. The number of aromatic nitrogens is 2. The summed E-state index contributed by atoms with van der Waals surface area (Å²) in [4.78, 5) is 23.2. The molecule has 106 valence electrons. The van der Waals surface area contributed by atoms with Crippen LogP contribution in [0, 0.1) is 0 Å². The summed E-state index contributed by atoms with van der Waals surface area (Å²) < 4.78 is 0. The monoisotopic (exact) mass is 307 g/mol. The van der Waals surface area contributed by atoms with Gasteiger partial charge in [0.15, 0.2) is 0 Å². The summed E-state index contributed by atoms with van der Waals surface area (Å²) in [6.45, 7) is 4.52. The lowest BCUT2D eigenvalue weighted by Crippen LogP contribution is -2.30. The lowest BCUT2D eigenvalue weighted by molar-refractivity contribution is -0.120. The van der Waals surface area contributed by atoms with E-state index in [0.29, 0.717) is 6.54 Å². The molecule has 20 heavy (non-hydrogen) atoms. The maximum Gasteiger partial charge on any atom is 0.233 e. The van der Waals surface area contributed by atoms with E-state index in [1.807, 2.05) is 13.8 Å². The van der Waals surface area contributed by atoms with Crippen molar-refractivity contribution in [2.45, 2.75) is 43.4 Å². The fourth-order valence-electron chi connectivity index (χ4n) is 2.53. The number of hydrogen-bond donors (Lipinski definition) is 1. The van der Waals surface area contributed by atoms with Crippen molar-refractivity contribution in [3.8, 4) is 0 Å². The first-order valence-corrected chi connectivity index (χ1v) is 8.60. The van der Waals surface area contributed by atoms with Crippen LogP contribution in [0.4, 0.5) is 0 Å². The third kappa shape index (κ3) is 2.42. The molecular formula is C14H17N3OS2. The lowest BCUT2D eigenvalue weighted by atomic mass is 10.2. The molecule has 0 fully saturated rings. The van der Waals surface area contributed by atoms with E-state index in [4.69, 9.17) is 0 Å². The molecule has 0 bridgehead atoms. The molecule has 2 heterocycles. The van der Waals surface area contributed by atoms with Crippen LogP contribution in [0.5, 0.6) is 0 Å². The van der Waals surface area contributed by atoms with Gasteiger partial charge in [-0.3, -0.25) is 4.79 Å². The maximum atomic E-state index is 11.9. The first kappa shape index (κ1) is 13.8. The van der Waals surface area contributed by atoms with Gasteiger partial charge in [-0.25, -0.2) is 9.97 Å². The van der Waals surface area contributed by atoms with Gasteiger partial charge in [-0.2, -0.15) is 0 Å². The van der Waals surface area contributed by atoms with Crippen LogP contribution in [0.3, 0.4) is 0 Å². The van der Waals surface area contributed by atoms with Crippen LogP contribution < -0.4 is 5.32 Å². The van der Waals surface area contributed by atoms with Crippen molar-refractivity contribution in [3.05, 3.63) is 16.8 Å². The number of hydrogen-bond acceptors (Lipinski definition) is 5. The van der Waals surface area contributed by atoms with E-state index in [-0.39, 0.29) is 11.2 Å². The minimum absolute atomic E-state index is 0.0659. The van der Waals surface area contributed by atoms with Crippen molar-refractivity contribution in [1.82, 2.24) is 15.3 Å². The van der Waals surface area contributed by atoms with E-state index in [1.165, 1.54) is 34.0 Å². The summed E-state index contributed by atoms with van der Waals surface area (Å²) in [5.74, 6) is 0.0659. The van der Waals surface area contributed by atoms with Crippen LogP contribution in [0.15, 0.2) is 11.4 Å². The Morgan fingerprint density at radius 2 is 2.35 bits per heavy atom. The number of nitrogens with one attached hydrogen (secondary N) is 1. The maximum absolute atomic E-state index is 11.9. The number of amides is 1. The second-order valence-electron chi connectivity index (χ2n) is 4.87. The molecule has 1 N–H and O–H groups in total. The minimum Gasteiger partial charge on any atom is -0.355 e. The molecule has 0 aliphatic heterocycles. The topological polar surface area (TPSA) is 54.9 Å². The van der Waals surface area contributed by atoms with E-state index in [2.05, 4.69) is 15.3 Å². The highest BCUT2D eigenvalue weighted by Gasteiger charge is 2.23. The number of nitrogens with zero attached hydrogens (tertiary/aromatic N) is 2. The molecule has 0 unspecified atom stereocenters. The van der Waals surface area contributed by atoms with E-state index in [9.17, 15) is 4.79 Å². The third-order valence-electron chi connectivity index (χ3n) is 3.48. The number of fused-ring (bicyclic) bond motifs is 3. The fourth-order valence-corrected chi connectivity index (χ4v) is 4.79. The van der Waals surface area contributed by atoms with Gasteiger partial charge in [-0.15, -0.1) is 11.3 Å². The van der Waals surface area contributed by atoms with Gasteiger partial charge < -0.3 is 5.32 Å². The molecule has 0 saturated heterocycles. The van der Waals surface area contributed by atoms with Gasteiger partial charge in [-0.05, 0) is 38.7 Å². The van der Waals surface area contributed by atoms with E-state index >= 15 is 0 Å². The molecule has 1 aliphatic rings. The van der Waals surface area contributed by atoms with Crippen molar-refractivity contribution in [2.24, 2.45) is 0 Å². The Bertz CT molecular complexity index is 653. The molecule has 1 atom stereocenters. The standard InChI is InChI=1S/C14H17N3OS2/c1-3-15-12(18)8(2)19-13-11-9-5-4-6-10(9)20-14(11)17-7-16-13/h7-8H,3-6H2,1-2H3,(H,15,18)/t8-/m0/s1. The van der Waals surface area contributed by atoms with Crippen molar-refractivity contribution in [3.63, 3.8) is 0 Å². The van der Waals surface area contributed by atoms with Crippen LogP contribution in [-0.2, 0) is 17.6 Å². The first-order chi connectivity index (χ1) is 9.70. The SMILES string of the molecule is CCNC(=O)[C@H](C)Sc1ncnc2sc3c(c12)CCC3. The minimum atomic E-state index is -0.134. The lowest BCUT2D eigenvalue weighted by Gasteiger charge is -2.11. The summed E-state index contributed by atoms with van der Waals surface area (Å²) in [7, 11) is 0. The quantitative estimate of drug-likeness (QED) is 0.697. The first-order valence-electron chi connectivity index (χ1n) is 6.90. The molecule has 4 nitrogen and oxygen atoms in total. The van der Waals surface area contributed by atoms with Gasteiger partial charge in [0.25, 0.3) is 0 Å². The molecule has 6 heteroatoms. The summed E-state index contributed by atoms with van der Waals surface area (Å²) >= 11 is 3.32. The van der Waals surface area contributed by atoms with Crippen molar-refractivity contribution in [1.29, 1.82) is 0 Å². The predicted molar refractivity (Wildman–Crippen MR) is 83.4 cm³/mol. The van der Waals surface area contributed by atoms with Gasteiger partial charge in [-0.1, -0.05) is 11.8 Å². The molecule has 0 aromatic carbocycles. The number of thiophene rings is 1. The average molecular weight is 307 g/mol. The highest BCUT2D eigenvalue weighted by molar-refractivity contribution is 8.00. The molecule has 0 saturated carbocycles. The smallest absolute Gasteiger partial charge is 0.233 e. The Morgan fingerprint density at radius 3 is 3.15 bits per heavy atom. The van der Waals surface area contributed by atoms with Crippen LogP contribution in [0.25, 0.3) is 10.2 Å². The van der Waals surface area contributed by atoms with Crippen LogP contribution in [0.2, 0.25) is 0 Å². The molecular weight excluding hydrogens is 290 g/mol. The van der Waals surface area contributed by atoms with Crippen molar-refractivity contribution >= 4 is 39.2 Å². The normalized spacial score (nSPS) is 15.3. The summed E-state index contributed by atoms with van der Waals surface area (Å²) in [6.07, 6.45) is 5.11. The van der Waals surface area contributed by atoms with Crippen molar-refractivity contribution in [2.75, 3.05) is 6.54 Å². The van der Waals surface area contributed by atoms with Gasteiger partial charge in [0.1, 0.15) is 16.2 Å². The Hall–Kier alpha value is -1.14. The van der Waals surface area contributed by atoms with E-state index in [1.54, 1.807) is 17.7 Å². The predicted octanol–water partition coefficient (Wildman–Crippen LogP) is 2.80. The van der Waals surface area contributed by atoms with Crippen molar-refractivity contribution < 1.29 is 4.79 Å². The fraction of sp³-hybridized carbons (Fsp3) is 0.500. The molecule has 2 aromatic heterocycles. The summed E-state index contributed by atoms with van der Waals surface area (Å²) in [5, 5.41) is 4.86. The summed E-state index contributed by atoms with van der Waals surface area (Å²) in [6, 6.07) is 0.